The van der Waals surface area contributed by atoms with E-state index in [2.05, 4.69) is 0 Å². The second-order valence-electron chi connectivity index (χ2n) is 4.00. The molecule has 0 amide bonds. The van der Waals surface area contributed by atoms with Crippen LogP contribution in [0.1, 0.15) is 19.8 Å². The summed E-state index contributed by atoms with van der Waals surface area (Å²) in [6.45, 7) is 2.89. The summed E-state index contributed by atoms with van der Waals surface area (Å²) in [6, 6.07) is 5.04. The van der Waals surface area contributed by atoms with Gasteiger partial charge in [-0.25, -0.2) is 12.8 Å². The van der Waals surface area contributed by atoms with Gasteiger partial charge in [-0.05, 0) is 24.6 Å². The topological polar surface area (TPSA) is 63.4 Å². The smallest absolute Gasteiger partial charge is 0.243 e. The van der Waals surface area contributed by atoms with E-state index in [4.69, 9.17) is 5.73 Å². The van der Waals surface area contributed by atoms with Gasteiger partial charge >= 0.3 is 0 Å². The Balaban J connectivity index is 3.00. The molecule has 1 aromatic rings. The number of rotatable bonds is 7. The first-order chi connectivity index (χ1) is 8.52. The zero-order valence-corrected chi connectivity index (χ0v) is 11.3. The van der Waals surface area contributed by atoms with Crippen LogP contribution in [0.15, 0.2) is 29.2 Å². The highest BCUT2D eigenvalue weighted by Crippen LogP contribution is 2.16. The predicted molar refractivity (Wildman–Crippen MR) is 69.1 cm³/mol. The fourth-order valence-corrected chi connectivity index (χ4v) is 3.13. The normalized spacial score (nSPS) is 12.0. The molecule has 6 heteroatoms. The van der Waals surface area contributed by atoms with Crippen LogP contribution in [0.5, 0.6) is 0 Å². The second-order valence-corrected chi connectivity index (χ2v) is 5.94. The lowest BCUT2D eigenvalue weighted by molar-refractivity contribution is 0.409. The van der Waals surface area contributed by atoms with Crippen molar-refractivity contribution in [1.82, 2.24) is 4.31 Å². The van der Waals surface area contributed by atoms with Gasteiger partial charge in [-0.2, -0.15) is 4.31 Å². The largest absolute Gasteiger partial charge is 0.329 e. The maximum Gasteiger partial charge on any atom is 0.243 e. The third-order valence-corrected chi connectivity index (χ3v) is 4.47. The van der Waals surface area contributed by atoms with Gasteiger partial charge in [0.25, 0.3) is 0 Å². The van der Waals surface area contributed by atoms with Gasteiger partial charge in [0.05, 0.1) is 4.90 Å². The molecule has 0 saturated carbocycles. The Labute approximate surface area is 108 Å². The molecule has 102 valence electrons. The average Bonchev–Trinajstić information content (AvgIpc) is 2.34. The molecule has 0 fully saturated rings. The number of sulfonamides is 1. The van der Waals surface area contributed by atoms with E-state index in [9.17, 15) is 12.8 Å². The van der Waals surface area contributed by atoms with Crippen molar-refractivity contribution in [3.63, 3.8) is 0 Å². The van der Waals surface area contributed by atoms with Gasteiger partial charge in [-0.3, -0.25) is 0 Å². The first-order valence-electron chi connectivity index (χ1n) is 5.98. The summed E-state index contributed by atoms with van der Waals surface area (Å²) in [4.78, 5) is -0.0212. The van der Waals surface area contributed by atoms with Gasteiger partial charge in [0.2, 0.25) is 10.0 Å². The molecule has 1 rings (SSSR count). The van der Waals surface area contributed by atoms with Gasteiger partial charge in [0.1, 0.15) is 5.82 Å². The molecule has 18 heavy (non-hydrogen) atoms. The van der Waals surface area contributed by atoms with Crippen LogP contribution in [-0.4, -0.2) is 32.4 Å². The molecule has 0 atom stereocenters. The van der Waals surface area contributed by atoms with Crippen LogP contribution >= 0.6 is 0 Å². The lowest BCUT2D eigenvalue weighted by Crippen LogP contribution is -2.36. The zero-order valence-electron chi connectivity index (χ0n) is 10.5. The van der Waals surface area contributed by atoms with Crippen molar-refractivity contribution in [2.75, 3.05) is 19.6 Å². The summed E-state index contributed by atoms with van der Waals surface area (Å²) in [5.74, 6) is -0.556. The third kappa shape index (κ3) is 3.76. The monoisotopic (exact) mass is 274 g/mol. The number of nitrogens with zero attached hydrogens (tertiary/aromatic N) is 1. The van der Waals surface area contributed by atoms with E-state index in [0.29, 0.717) is 6.54 Å². The maximum absolute atomic E-state index is 13.1. The Kier molecular flexibility index (Phi) is 5.71. The summed E-state index contributed by atoms with van der Waals surface area (Å²) in [5, 5.41) is 0. The standard InChI is InChI=1S/C12H19FN2O2S/c1-2-3-8-15(9-7-14)18(16,17)12-6-4-5-11(13)10-12/h4-6,10H,2-3,7-9,14H2,1H3. The van der Waals surface area contributed by atoms with Crippen LogP contribution < -0.4 is 5.73 Å². The SMILES string of the molecule is CCCCN(CCN)S(=O)(=O)c1cccc(F)c1. The van der Waals surface area contributed by atoms with E-state index in [0.717, 1.165) is 18.9 Å². The number of hydrogen-bond donors (Lipinski definition) is 1. The first-order valence-corrected chi connectivity index (χ1v) is 7.42. The van der Waals surface area contributed by atoms with Crippen molar-refractivity contribution in [2.45, 2.75) is 24.7 Å². The van der Waals surface area contributed by atoms with E-state index >= 15 is 0 Å². The molecule has 0 bridgehead atoms. The molecular formula is C12H19FN2O2S. The molecule has 0 spiro atoms. The Bertz CT molecular complexity index is 477. The van der Waals surface area contributed by atoms with E-state index in [1.54, 1.807) is 0 Å². The number of nitrogens with two attached hydrogens (primary N) is 1. The van der Waals surface area contributed by atoms with Gasteiger partial charge in [0, 0.05) is 19.6 Å². The van der Waals surface area contributed by atoms with Crippen LogP contribution in [0.25, 0.3) is 0 Å². The van der Waals surface area contributed by atoms with E-state index in [1.807, 2.05) is 6.92 Å². The Morgan fingerprint density at radius 2 is 2.06 bits per heavy atom. The summed E-state index contributed by atoms with van der Waals surface area (Å²) in [6.07, 6.45) is 1.65. The van der Waals surface area contributed by atoms with Crippen molar-refractivity contribution in [3.05, 3.63) is 30.1 Å². The lowest BCUT2D eigenvalue weighted by atomic mass is 10.3. The summed E-state index contributed by atoms with van der Waals surface area (Å²) < 4.78 is 39.0. The number of unbranched alkanes of at least 4 members (excludes halogenated alkanes) is 1. The fourth-order valence-electron chi connectivity index (χ4n) is 1.61. The van der Waals surface area contributed by atoms with Crippen LogP contribution in [0.3, 0.4) is 0 Å². The van der Waals surface area contributed by atoms with E-state index in [1.165, 1.54) is 22.5 Å². The predicted octanol–water partition coefficient (Wildman–Crippen LogP) is 1.58. The van der Waals surface area contributed by atoms with Crippen LogP contribution in [0.4, 0.5) is 4.39 Å². The van der Waals surface area contributed by atoms with Crippen LogP contribution in [-0.2, 0) is 10.0 Å². The molecule has 4 nitrogen and oxygen atoms in total. The fraction of sp³-hybridized carbons (Fsp3) is 0.500. The van der Waals surface area contributed by atoms with Gasteiger partial charge < -0.3 is 5.73 Å². The minimum absolute atomic E-state index is 0.0212. The van der Waals surface area contributed by atoms with Gasteiger partial charge in [0.15, 0.2) is 0 Å². The van der Waals surface area contributed by atoms with E-state index in [-0.39, 0.29) is 18.0 Å². The van der Waals surface area contributed by atoms with Crippen molar-refractivity contribution in [2.24, 2.45) is 5.73 Å². The Morgan fingerprint density at radius 1 is 1.33 bits per heavy atom. The number of hydrogen-bond acceptors (Lipinski definition) is 3. The molecule has 0 aliphatic heterocycles. The zero-order chi connectivity index (χ0) is 13.6. The first kappa shape index (κ1) is 15.1. The molecule has 0 aliphatic rings. The quantitative estimate of drug-likeness (QED) is 0.821. The molecular weight excluding hydrogens is 255 g/mol. The second kappa shape index (κ2) is 6.82. The van der Waals surface area contributed by atoms with Gasteiger partial charge in [-0.1, -0.05) is 19.4 Å². The highest BCUT2D eigenvalue weighted by atomic mass is 32.2. The molecule has 0 aromatic heterocycles. The molecule has 0 radical (unpaired) electrons. The molecule has 0 aliphatic carbocycles. The highest BCUT2D eigenvalue weighted by molar-refractivity contribution is 7.89. The lowest BCUT2D eigenvalue weighted by Gasteiger charge is -2.21. The van der Waals surface area contributed by atoms with Crippen molar-refractivity contribution < 1.29 is 12.8 Å². The molecule has 0 saturated heterocycles. The molecule has 1 aromatic carbocycles. The number of benzene rings is 1. The average molecular weight is 274 g/mol. The van der Waals surface area contributed by atoms with Crippen molar-refractivity contribution in [1.29, 1.82) is 0 Å². The van der Waals surface area contributed by atoms with Crippen molar-refractivity contribution in [3.8, 4) is 0 Å². The Hall–Kier alpha value is -0.980. The molecule has 2 N–H and O–H groups in total. The Morgan fingerprint density at radius 3 is 2.61 bits per heavy atom. The minimum atomic E-state index is -3.64. The van der Waals surface area contributed by atoms with Crippen LogP contribution in [0, 0.1) is 5.82 Å². The number of halogens is 1. The summed E-state index contributed by atoms with van der Waals surface area (Å²) in [7, 11) is -3.64. The van der Waals surface area contributed by atoms with Crippen LogP contribution in [0.2, 0.25) is 0 Å². The molecule has 0 unspecified atom stereocenters. The molecule has 0 heterocycles. The van der Waals surface area contributed by atoms with Crippen molar-refractivity contribution >= 4 is 10.0 Å². The maximum atomic E-state index is 13.1. The third-order valence-electron chi connectivity index (χ3n) is 2.57. The van der Waals surface area contributed by atoms with Gasteiger partial charge in [-0.15, -0.1) is 0 Å². The summed E-state index contributed by atoms with van der Waals surface area (Å²) >= 11 is 0. The summed E-state index contributed by atoms with van der Waals surface area (Å²) in [5.41, 5.74) is 5.43. The minimum Gasteiger partial charge on any atom is -0.329 e. The highest BCUT2D eigenvalue weighted by Gasteiger charge is 2.23. The van der Waals surface area contributed by atoms with E-state index < -0.39 is 15.8 Å².